The Hall–Kier alpha value is -2.55. The molecule has 1 atom stereocenters. The fraction of sp³-hybridized carbons (Fsp3) is 0.438. The monoisotopic (exact) mass is 302 g/mol. The molecule has 1 amide bonds. The average molecular weight is 302 g/mol. The van der Waals surface area contributed by atoms with Crippen molar-refractivity contribution in [3.8, 4) is 6.07 Å². The number of esters is 1. The van der Waals surface area contributed by atoms with Gasteiger partial charge in [0.1, 0.15) is 6.04 Å². The molecule has 1 aliphatic rings. The summed E-state index contributed by atoms with van der Waals surface area (Å²) in [5.74, 6) is -0.441. The lowest BCUT2D eigenvalue weighted by Gasteiger charge is -2.34. The number of rotatable bonds is 3. The lowest BCUT2D eigenvalue weighted by atomic mass is 9.92. The van der Waals surface area contributed by atoms with E-state index in [1.165, 1.54) is 12.0 Å². The highest BCUT2D eigenvalue weighted by atomic mass is 16.6. The van der Waals surface area contributed by atoms with Gasteiger partial charge in [0.15, 0.2) is 0 Å². The molecule has 6 heteroatoms. The molecular weight excluding hydrogens is 284 g/mol. The number of nitrogens with zero attached hydrogens (tertiary/aromatic N) is 2. The molecule has 22 heavy (non-hydrogen) atoms. The second kappa shape index (κ2) is 6.94. The normalized spacial score (nSPS) is 16.4. The Bertz CT molecular complexity index is 621. The van der Waals surface area contributed by atoms with Gasteiger partial charge in [-0.2, -0.15) is 5.26 Å². The molecule has 0 spiro atoms. The third-order valence-electron chi connectivity index (χ3n) is 3.65. The van der Waals surface area contributed by atoms with Crippen LogP contribution in [-0.2, 0) is 33.7 Å². The average Bonchev–Trinajstić information content (AvgIpc) is 2.53. The molecule has 2 rings (SSSR count). The van der Waals surface area contributed by atoms with Crippen LogP contribution in [0.4, 0.5) is 4.79 Å². The quantitative estimate of drug-likeness (QED) is 0.796. The number of hydrogen-bond donors (Lipinski definition) is 0. The lowest BCUT2D eigenvalue weighted by molar-refractivity contribution is -0.149. The van der Waals surface area contributed by atoms with E-state index in [9.17, 15) is 9.59 Å². The van der Waals surface area contributed by atoms with E-state index in [2.05, 4.69) is 6.07 Å². The van der Waals surface area contributed by atoms with Gasteiger partial charge in [0.25, 0.3) is 0 Å². The van der Waals surface area contributed by atoms with Gasteiger partial charge in [-0.05, 0) is 23.6 Å². The summed E-state index contributed by atoms with van der Waals surface area (Å²) in [5, 5.41) is 8.79. The molecule has 0 aromatic heterocycles. The fourth-order valence-electron chi connectivity index (χ4n) is 2.60. The molecule has 1 aromatic carbocycles. The molecule has 0 saturated carbocycles. The van der Waals surface area contributed by atoms with Crippen molar-refractivity contribution in [2.45, 2.75) is 32.4 Å². The first-order chi connectivity index (χ1) is 10.6. The summed E-state index contributed by atoms with van der Waals surface area (Å²) in [6.07, 6.45) is 0.130. The Balaban J connectivity index is 2.33. The molecule has 1 heterocycles. The molecule has 1 unspecified atom stereocenters. The van der Waals surface area contributed by atoms with Crippen LogP contribution < -0.4 is 0 Å². The minimum Gasteiger partial charge on any atom is -0.464 e. The first-order valence-corrected chi connectivity index (χ1v) is 7.09. The maximum atomic E-state index is 12.1. The summed E-state index contributed by atoms with van der Waals surface area (Å²) in [6, 6.07) is 7.08. The van der Waals surface area contributed by atoms with Crippen molar-refractivity contribution in [3.05, 3.63) is 34.9 Å². The first-order valence-electron chi connectivity index (χ1n) is 7.09. The maximum absolute atomic E-state index is 12.1. The third kappa shape index (κ3) is 3.19. The van der Waals surface area contributed by atoms with Crippen LogP contribution in [0.1, 0.15) is 23.6 Å². The summed E-state index contributed by atoms with van der Waals surface area (Å²) in [7, 11) is 1.29. The van der Waals surface area contributed by atoms with E-state index in [-0.39, 0.29) is 6.61 Å². The van der Waals surface area contributed by atoms with Crippen molar-refractivity contribution in [2.24, 2.45) is 0 Å². The Morgan fingerprint density at radius 1 is 1.41 bits per heavy atom. The van der Waals surface area contributed by atoms with Gasteiger partial charge in [-0.3, -0.25) is 4.90 Å². The lowest BCUT2D eigenvalue weighted by Crippen LogP contribution is -2.49. The smallest absolute Gasteiger partial charge is 0.410 e. The number of carbonyl (C=O) groups excluding carboxylic acids is 2. The first kappa shape index (κ1) is 15.8. The molecule has 1 aromatic rings. The zero-order chi connectivity index (χ0) is 16.1. The van der Waals surface area contributed by atoms with Gasteiger partial charge in [-0.1, -0.05) is 18.2 Å². The Kier molecular flexibility index (Phi) is 4.99. The second-order valence-electron chi connectivity index (χ2n) is 5.01. The number of nitriles is 1. The highest BCUT2D eigenvalue weighted by molar-refractivity contribution is 5.82. The standard InChI is InChI=1S/C16H18N2O4/c1-3-22-15(19)14-9-13-8-11(6-7-17)4-5-12(13)10-18(14)16(20)21-2/h4-5,8,14H,3,6,9-10H2,1-2H3. The van der Waals surface area contributed by atoms with E-state index < -0.39 is 18.1 Å². The number of benzene rings is 1. The SMILES string of the molecule is CCOC(=O)C1Cc2cc(CC#N)ccc2CN1C(=O)OC. The second-order valence-corrected chi connectivity index (χ2v) is 5.01. The van der Waals surface area contributed by atoms with Gasteiger partial charge in [0.05, 0.1) is 32.8 Å². The van der Waals surface area contributed by atoms with E-state index in [4.69, 9.17) is 14.7 Å². The Morgan fingerprint density at radius 2 is 2.18 bits per heavy atom. The predicted octanol–water partition coefficient (Wildman–Crippen LogP) is 1.81. The molecule has 0 aliphatic carbocycles. The van der Waals surface area contributed by atoms with Gasteiger partial charge in [0.2, 0.25) is 0 Å². The molecule has 6 nitrogen and oxygen atoms in total. The van der Waals surface area contributed by atoms with Gasteiger partial charge >= 0.3 is 12.1 Å². The van der Waals surface area contributed by atoms with Crippen LogP contribution in [-0.4, -0.2) is 36.7 Å². The minimum atomic E-state index is -0.697. The number of ether oxygens (including phenoxy) is 2. The minimum absolute atomic E-state index is 0.256. The molecule has 0 radical (unpaired) electrons. The molecule has 1 aliphatic heterocycles. The molecule has 116 valence electrons. The van der Waals surface area contributed by atoms with Crippen molar-refractivity contribution in [3.63, 3.8) is 0 Å². The largest absolute Gasteiger partial charge is 0.464 e. The number of amides is 1. The van der Waals surface area contributed by atoms with Gasteiger partial charge < -0.3 is 9.47 Å². The molecule has 0 fully saturated rings. The number of carbonyl (C=O) groups is 2. The van der Waals surface area contributed by atoms with E-state index in [1.807, 2.05) is 18.2 Å². The summed E-state index contributed by atoms with van der Waals surface area (Å²) < 4.78 is 9.82. The molecular formula is C16H18N2O4. The van der Waals surface area contributed by atoms with Crippen LogP contribution in [0.3, 0.4) is 0 Å². The topological polar surface area (TPSA) is 79.6 Å². The number of methoxy groups -OCH3 is 1. The Labute approximate surface area is 129 Å². The highest BCUT2D eigenvalue weighted by Gasteiger charge is 2.36. The van der Waals surface area contributed by atoms with E-state index in [0.29, 0.717) is 19.4 Å². The summed E-state index contributed by atoms with van der Waals surface area (Å²) in [5.41, 5.74) is 2.81. The van der Waals surface area contributed by atoms with E-state index >= 15 is 0 Å². The number of fused-ring (bicyclic) bond motifs is 1. The van der Waals surface area contributed by atoms with Crippen LogP contribution in [0, 0.1) is 11.3 Å². The fourth-order valence-corrected chi connectivity index (χ4v) is 2.60. The van der Waals surface area contributed by atoms with Gasteiger partial charge in [-0.25, -0.2) is 9.59 Å². The van der Waals surface area contributed by atoms with Crippen LogP contribution in [0.2, 0.25) is 0 Å². The summed E-state index contributed by atoms with van der Waals surface area (Å²) in [4.78, 5) is 25.4. The van der Waals surface area contributed by atoms with Crippen molar-refractivity contribution < 1.29 is 19.1 Å². The van der Waals surface area contributed by atoms with Gasteiger partial charge in [0, 0.05) is 6.42 Å². The summed E-state index contributed by atoms with van der Waals surface area (Å²) in [6.45, 7) is 2.27. The zero-order valence-electron chi connectivity index (χ0n) is 12.7. The Morgan fingerprint density at radius 3 is 2.82 bits per heavy atom. The molecule has 0 bridgehead atoms. The van der Waals surface area contributed by atoms with E-state index in [1.54, 1.807) is 6.92 Å². The predicted molar refractivity (Wildman–Crippen MR) is 77.8 cm³/mol. The third-order valence-corrected chi connectivity index (χ3v) is 3.65. The van der Waals surface area contributed by atoms with Crippen LogP contribution in [0.25, 0.3) is 0 Å². The summed E-state index contributed by atoms with van der Waals surface area (Å²) >= 11 is 0. The maximum Gasteiger partial charge on any atom is 0.410 e. The van der Waals surface area contributed by atoms with Crippen LogP contribution in [0.15, 0.2) is 18.2 Å². The van der Waals surface area contributed by atoms with E-state index in [0.717, 1.165) is 16.7 Å². The van der Waals surface area contributed by atoms with Crippen molar-refractivity contribution in [2.75, 3.05) is 13.7 Å². The van der Waals surface area contributed by atoms with Crippen molar-refractivity contribution in [1.82, 2.24) is 4.90 Å². The van der Waals surface area contributed by atoms with Gasteiger partial charge in [-0.15, -0.1) is 0 Å². The van der Waals surface area contributed by atoms with Crippen LogP contribution in [0.5, 0.6) is 0 Å². The van der Waals surface area contributed by atoms with Crippen molar-refractivity contribution >= 4 is 12.1 Å². The van der Waals surface area contributed by atoms with Crippen molar-refractivity contribution in [1.29, 1.82) is 5.26 Å². The van der Waals surface area contributed by atoms with Crippen LogP contribution >= 0.6 is 0 Å². The number of hydrogen-bond acceptors (Lipinski definition) is 5. The molecule has 0 saturated heterocycles. The molecule has 0 N–H and O–H groups in total. The zero-order valence-corrected chi connectivity index (χ0v) is 12.7. The highest BCUT2D eigenvalue weighted by Crippen LogP contribution is 2.26.